The number of aromatic nitrogens is 3. The van der Waals surface area contributed by atoms with Crippen LogP contribution in [-0.4, -0.2) is 61.8 Å². The Morgan fingerprint density at radius 1 is 0.930 bits per heavy atom. The van der Waals surface area contributed by atoms with Gasteiger partial charge < -0.3 is 20.0 Å². The first kappa shape index (κ1) is 26.9. The van der Waals surface area contributed by atoms with E-state index in [9.17, 15) is 15.2 Å². The molecule has 0 amide bonds. The van der Waals surface area contributed by atoms with Crippen LogP contribution in [0.3, 0.4) is 0 Å². The molecular formula is C33H33N7O3. The average molecular weight is 576 g/mol. The van der Waals surface area contributed by atoms with Gasteiger partial charge >= 0.3 is 0 Å². The normalized spacial score (nSPS) is 16.0. The van der Waals surface area contributed by atoms with Gasteiger partial charge in [-0.05, 0) is 68.1 Å². The van der Waals surface area contributed by atoms with Crippen molar-refractivity contribution in [2.45, 2.75) is 32.2 Å². The third-order valence-corrected chi connectivity index (χ3v) is 8.43. The number of fused-ring (bicyclic) bond motifs is 1. The fraction of sp³-hybridized carbons (Fsp3) is 0.273. The molecule has 43 heavy (non-hydrogen) atoms. The van der Waals surface area contributed by atoms with Crippen LogP contribution < -0.4 is 4.90 Å². The van der Waals surface area contributed by atoms with E-state index in [4.69, 9.17) is 4.99 Å². The number of non-ortho nitro benzene ring substituents is 1. The van der Waals surface area contributed by atoms with Crippen molar-refractivity contribution in [3.05, 3.63) is 99.7 Å². The van der Waals surface area contributed by atoms with Crippen LogP contribution in [0.4, 0.5) is 17.3 Å². The minimum Gasteiger partial charge on any atom is -0.494 e. The topological polar surface area (TPSA) is 127 Å². The van der Waals surface area contributed by atoms with Gasteiger partial charge in [0, 0.05) is 48.2 Å². The number of rotatable bonds is 8. The third-order valence-electron chi connectivity index (χ3n) is 8.43. The zero-order chi connectivity index (χ0) is 29.3. The van der Waals surface area contributed by atoms with Gasteiger partial charge in [0.25, 0.3) is 5.69 Å². The molecule has 0 saturated carbocycles. The summed E-state index contributed by atoms with van der Waals surface area (Å²) in [4.78, 5) is 31.9. The van der Waals surface area contributed by atoms with Gasteiger partial charge in [0.05, 0.1) is 33.8 Å². The Bertz CT molecular complexity index is 1790. The van der Waals surface area contributed by atoms with E-state index < -0.39 is 4.92 Å². The molecular weight excluding hydrogens is 542 g/mol. The number of aromatic hydroxyl groups is 1. The molecule has 0 unspecified atom stereocenters. The van der Waals surface area contributed by atoms with Crippen LogP contribution in [0, 0.1) is 10.1 Å². The molecule has 2 saturated heterocycles. The molecule has 5 aromatic rings. The maximum atomic E-state index is 11.6. The maximum absolute atomic E-state index is 11.6. The van der Waals surface area contributed by atoms with E-state index >= 15 is 0 Å². The second-order valence-corrected chi connectivity index (χ2v) is 11.3. The van der Waals surface area contributed by atoms with Crippen LogP contribution in [0.2, 0.25) is 0 Å². The summed E-state index contributed by atoms with van der Waals surface area (Å²) in [7, 11) is 0. The molecule has 7 rings (SSSR count). The lowest BCUT2D eigenvalue weighted by molar-refractivity contribution is -0.384. The molecule has 3 aromatic carbocycles. The van der Waals surface area contributed by atoms with Gasteiger partial charge in [-0.3, -0.25) is 15.0 Å². The standard InChI is InChI=1S/C33H33N7O3/c41-32-30(27-19-26(40(42)43)13-14-28(27)36-32)31(24-7-5-22(6-8-24)21-38-15-1-2-16-38)35-25-11-9-23(10-12-25)29-20-34-33(37-29)39-17-3-4-18-39/h5-14,19-20,36,41H,1-4,15-18,21H2,(H,34,37). The quantitative estimate of drug-likeness (QED) is 0.110. The SMILES string of the molecule is O=[N+]([O-])c1ccc2[nH]c(O)c(C(=Nc3ccc(-c4cnc(N5CCCC5)[nH]4)cc3)c3ccc(CN4CCCC4)cc3)c2c1. The van der Waals surface area contributed by atoms with Gasteiger partial charge in [-0.2, -0.15) is 0 Å². The van der Waals surface area contributed by atoms with E-state index in [2.05, 4.69) is 36.9 Å². The first-order chi connectivity index (χ1) is 21.0. The smallest absolute Gasteiger partial charge is 0.270 e. The Balaban J connectivity index is 1.26. The Kier molecular flexibility index (Phi) is 7.12. The number of H-pyrrole nitrogens is 2. The third kappa shape index (κ3) is 5.49. The van der Waals surface area contributed by atoms with Crippen LogP contribution >= 0.6 is 0 Å². The number of aliphatic imine (C=N–C) groups is 1. The lowest BCUT2D eigenvalue weighted by atomic mass is 9.99. The Hall–Kier alpha value is -4.96. The van der Waals surface area contributed by atoms with Gasteiger partial charge in [-0.1, -0.05) is 36.4 Å². The number of nitrogens with zero attached hydrogens (tertiary/aromatic N) is 5. The second kappa shape index (κ2) is 11.4. The largest absolute Gasteiger partial charge is 0.494 e. The van der Waals surface area contributed by atoms with Gasteiger partial charge in [-0.25, -0.2) is 9.98 Å². The minimum atomic E-state index is -0.430. The highest BCUT2D eigenvalue weighted by atomic mass is 16.6. The molecule has 0 radical (unpaired) electrons. The molecule has 218 valence electrons. The van der Waals surface area contributed by atoms with Gasteiger partial charge in [0.2, 0.25) is 5.95 Å². The summed E-state index contributed by atoms with van der Waals surface area (Å²) in [5.41, 5.74) is 6.15. The number of aromatic amines is 2. The molecule has 2 aliphatic heterocycles. The number of hydrogen-bond acceptors (Lipinski definition) is 7. The predicted octanol–water partition coefficient (Wildman–Crippen LogP) is 6.54. The molecule has 0 bridgehead atoms. The van der Waals surface area contributed by atoms with Gasteiger partial charge in [0.1, 0.15) is 0 Å². The number of hydrogen-bond donors (Lipinski definition) is 3. The van der Waals surface area contributed by atoms with Gasteiger partial charge in [0.15, 0.2) is 5.88 Å². The molecule has 4 heterocycles. The molecule has 3 N–H and O–H groups in total. The number of imidazole rings is 1. The molecule has 2 fully saturated rings. The summed E-state index contributed by atoms with van der Waals surface area (Å²) in [6, 6.07) is 20.6. The molecule has 10 nitrogen and oxygen atoms in total. The molecule has 2 aromatic heterocycles. The van der Waals surface area contributed by atoms with Crippen molar-refractivity contribution in [3.63, 3.8) is 0 Å². The lowest BCUT2D eigenvalue weighted by Crippen LogP contribution is -2.18. The summed E-state index contributed by atoms with van der Waals surface area (Å²) in [5.74, 6) is 0.813. The molecule has 0 spiro atoms. The average Bonchev–Trinajstić information content (AvgIpc) is 3.84. The summed E-state index contributed by atoms with van der Waals surface area (Å²) in [6.07, 6.45) is 6.70. The van der Waals surface area contributed by atoms with Crippen molar-refractivity contribution < 1.29 is 10.0 Å². The number of nitro groups is 1. The monoisotopic (exact) mass is 575 g/mol. The van der Waals surface area contributed by atoms with Crippen molar-refractivity contribution in [3.8, 4) is 17.1 Å². The molecule has 10 heteroatoms. The number of likely N-dealkylation sites (tertiary alicyclic amines) is 1. The first-order valence-corrected chi connectivity index (χ1v) is 14.8. The zero-order valence-corrected chi connectivity index (χ0v) is 23.8. The highest BCUT2D eigenvalue weighted by Crippen LogP contribution is 2.34. The number of nitro benzene ring substituents is 1. The van der Waals surface area contributed by atoms with E-state index in [0.29, 0.717) is 27.9 Å². The molecule has 0 atom stereocenters. The van der Waals surface area contributed by atoms with Crippen molar-refractivity contribution >= 4 is 33.9 Å². The zero-order valence-electron chi connectivity index (χ0n) is 23.8. The van der Waals surface area contributed by atoms with Crippen LogP contribution in [0.25, 0.3) is 22.2 Å². The summed E-state index contributed by atoms with van der Waals surface area (Å²) >= 11 is 0. The number of nitrogens with one attached hydrogen (secondary N) is 2. The summed E-state index contributed by atoms with van der Waals surface area (Å²) in [5, 5.41) is 23.2. The van der Waals surface area contributed by atoms with Gasteiger partial charge in [-0.15, -0.1) is 0 Å². The Labute approximate surface area is 248 Å². The number of benzene rings is 3. The fourth-order valence-electron chi connectivity index (χ4n) is 6.14. The fourth-order valence-corrected chi connectivity index (χ4v) is 6.14. The van der Waals surface area contributed by atoms with Crippen molar-refractivity contribution in [1.29, 1.82) is 0 Å². The van der Waals surface area contributed by atoms with E-state index in [1.807, 2.05) is 42.6 Å². The van der Waals surface area contributed by atoms with Crippen molar-refractivity contribution in [1.82, 2.24) is 19.9 Å². The Morgan fingerprint density at radius 3 is 2.37 bits per heavy atom. The van der Waals surface area contributed by atoms with Crippen LogP contribution in [0.1, 0.15) is 42.4 Å². The maximum Gasteiger partial charge on any atom is 0.270 e. The van der Waals surface area contributed by atoms with Crippen LogP contribution in [0.5, 0.6) is 5.88 Å². The number of anilines is 1. The van der Waals surface area contributed by atoms with E-state index in [0.717, 1.165) is 55.5 Å². The predicted molar refractivity (Wildman–Crippen MR) is 168 cm³/mol. The lowest BCUT2D eigenvalue weighted by Gasteiger charge is -2.15. The second-order valence-electron chi connectivity index (χ2n) is 11.3. The molecule has 2 aliphatic rings. The highest BCUT2D eigenvalue weighted by molar-refractivity contribution is 6.22. The summed E-state index contributed by atoms with van der Waals surface area (Å²) < 4.78 is 0. The van der Waals surface area contributed by atoms with E-state index in [1.54, 1.807) is 6.07 Å². The summed E-state index contributed by atoms with van der Waals surface area (Å²) in [6.45, 7) is 5.17. The molecule has 0 aliphatic carbocycles. The highest BCUT2D eigenvalue weighted by Gasteiger charge is 2.22. The first-order valence-electron chi connectivity index (χ1n) is 14.8. The van der Waals surface area contributed by atoms with E-state index in [1.165, 1.54) is 43.4 Å². The minimum absolute atomic E-state index is 0.0507. The van der Waals surface area contributed by atoms with Crippen molar-refractivity contribution in [2.75, 3.05) is 31.1 Å². The van der Waals surface area contributed by atoms with Crippen LogP contribution in [-0.2, 0) is 6.54 Å². The van der Waals surface area contributed by atoms with Crippen molar-refractivity contribution in [2.24, 2.45) is 4.99 Å². The van der Waals surface area contributed by atoms with Crippen LogP contribution in [0.15, 0.2) is 77.9 Å². The Morgan fingerprint density at radius 2 is 1.65 bits per heavy atom. The van der Waals surface area contributed by atoms with E-state index in [-0.39, 0.29) is 11.6 Å².